The summed E-state index contributed by atoms with van der Waals surface area (Å²) >= 11 is 0. The lowest BCUT2D eigenvalue weighted by molar-refractivity contribution is -0.0473. The molecule has 0 spiro atoms. The van der Waals surface area contributed by atoms with E-state index in [1.807, 2.05) is 18.2 Å². The first kappa shape index (κ1) is 16.0. The Bertz CT molecular complexity index is 370. The second-order valence-electron chi connectivity index (χ2n) is 4.75. The van der Waals surface area contributed by atoms with Crippen LogP contribution in [0.5, 0.6) is 5.75 Å². The molecule has 4 heteroatoms. The quantitative estimate of drug-likeness (QED) is 0.560. The van der Waals surface area contributed by atoms with E-state index in [0.717, 1.165) is 25.0 Å². The molecule has 1 aromatic rings. The molecule has 0 aliphatic rings. The molecule has 1 unspecified atom stereocenters. The highest BCUT2D eigenvalue weighted by Crippen LogP contribution is 2.27. The third-order valence-corrected chi connectivity index (χ3v) is 4.01. The maximum absolute atomic E-state index is 5.74. The van der Waals surface area contributed by atoms with E-state index in [1.165, 1.54) is 5.56 Å². The predicted octanol–water partition coefficient (Wildman–Crippen LogP) is 2.27. The van der Waals surface area contributed by atoms with Crippen LogP contribution >= 0.6 is 0 Å². The molecule has 1 rings (SSSR count). The molecule has 0 bridgehead atoms. The molecule has 1 aromatic carbocycles. The van der Waals surface area contributed by atoms with Gasteiger partial charge in [0, 0.05) is 7.11 Å². The fourth-order valence-corrected chi connectivity index (χ4v) is 2.61. The molecule has 4 nitrogen and oxygen atoms in total. The first-order valence-electron chi connectivity index (χ1n) is 6.80. The first-order valence-corrected chi connectivity index (χ1v) is 6.80. The summed E-state index contributed by atoms with van der Waals surface area (Å²) in [4.78, 5) is 0. The molecule has 0 radical (unpaired) electrons. The summed E-state index contributed by atoms with van der Waals surface area (Å²) in [7, 11) is 3.43. The van der Waals surface area contributed by atoms with Crippen LogP contribution in [-0.4, -0.2) is 25.9 Å². The Morgan fingerprint density at radius 3 is 2.42 bits per heavy atom. The lowest BCUT2D eigenvalue weighted by Crippen LogP contribution is -2.55. The molecule has 1 atom stereocenters. The number of methoxy groups -OCH3 is 2. The fraction of sp³-hybridized carbons (Fsp3) is 0.600. The zero-order valence-corrected chi connectivity index (χ0v) is 12.4. The van der Waals surface area contributed by atoms with Crippen LogP contribution in [0.4, 0.5) is 0 Å². The number of ether oxygens (including phenoxy) is 2. The lowest BCUT2D eigenvalue weighted by Gasteiger charge is -2.38. The van der Waals surface area contributed by atoms with E-state index in [0.29, 0.717) is 0 Å². The zero-order valence-electron chi connectivity index (χ0n) is 12.4. The van der Waals surface area contributed by atoms with Crippen molar-refractivity contribution in [3.05, 3.63) is 29.8 Å². The predicted molar refractivity (Wildman–Crippen MR) is 78.1 cm³/mol. The maximum Gasteiger partial charge on any atom is 0.119 e. The van der Waals surface area contributed by atoms with Crippen LogP contribution < -0.4 is 16.0 Å². The van der Waals surface area contributed by atoms with Gasteiger partial charge in [-0.1, -0.05) is 26.0 Å². The highest BCUT2D eigenvalue weighted by molar-refractivity contribution is 5.29. The fourth-order valence-electron chi connectivity index (χ4n) is 2.61. The van der Waals surface area contributed by atoms with Crippen molar-refractivity contribution in [2.45, 2.75) is 44.8 Å². The molecule has 0 aliphatic heterocycles. The van der Waals surface area contributed by atoms with Crippen LogP contribution in [0.3, 0.4) is 0 Å². The largest absolute Gasteiger partial charge is 0.497 e. The van der Waals surface area contributed by atoms with E-state index in [9.17, 15) is 0 Å². The molecule has 0 aromatic heterocycles. The molecular weight excluding hydrogens is 240 g/mol. The van der Waals surface area contributed by atoms with E-state index in [2.05, 4.69) is 25.3 Å². The SMILES string of the molecule is CCC(CC)(OC)C(Cc1cccc(OC)c1)NN. The smallest absolute Gasteiger partial charge is 0.119 e. The Kier molecular flexibility index (Phi) is 6.28. The van der Waals surface area contributed by atoms with Gasteiger partial charge in [-0.15, -0.1) is 0 Å². The monoisotopic (exact) mass is 266 g/mol. The van der Waals surface area contributed by atoms with Gasteiger partial charge in [-0.3, -0.25) is 11.3 Å². The van der Waals surface area contributed by atoms with Gasteiger partial charge >= 0.3 is 0 Å². The van der Waals surface area contributed by atoms with Gasteiger partial charge in [0.1, 0.15) is 5.75 Å². The van der Waals surface area contributed by atoms with Crippen LogP contribution in [-0.2, 0) is 11.2 Å². The van der Waals surface area contributed by atoms with Crippen molar-refractivity contribution in [2.75, 3.05) is 14.2 Å². The minimum absolute atomic E-state index is 0.0691. The van der Waals surface area contributed by atoms with Crippen molar-refractivity contribution in [2.24, 2.45) is 5.84 Å². The highest BCUT2D eigenvalue weighted by Gasteiger charge is 2.35. The average molecular weight is 266 g/mol. The van der Waals surface area contributed by atoms with Crippen molar-refractivity contribution in [3.8, 4) is 5.75 Å². The maximum atomic E-state index is 5.74. The number of hydrogen-bond donors (Lipinski definition) is 2. The average Bonchev–Trinajstić information content (AvgIpc) is 2.48. The minimum atomic E-state index is -0.238. The number of rotatable bonds is 8. The van der Waals surface area contributed by atoms with Gasteiger partial charge in [0.05, 0.1) is 18.8 Å². The molecule has 108 valence electrons. The molecule has 0 saturated carbocycles. The van der Waals surface area contributed by atoms with Gasteiger partial charge in [0.25, 0.3) is 0 Å². The molecular formula is C15H26N2O2. The van der Waals surface area contributed by atoms with Crippen molar-refractivity contribution in [3.63, 3.8) is 0 Å². The standard InChI is InChI=1S/C15H26N2O2/c1-5-15(6-2,19-4)14(17-16)11-12-8-7-9-13(10-12)18-3/h7-10,14,17H,5-6,11,16H2,1-4H3. The number of nitrogens with one attached hydrogen (secondary N) is 1. The summed E-state index contributed by atoms with van der Waals surface area (Å²) in [6.07, 6.45) is 2.64. The van der Waals surface area contributed by atoms with Crippen molar-refractivity contribution in [1.82, 2.24) is 5.43 Å². The number of nitrogens with two attached hydrogens (primary N) is 1. The Morgan fingerprint density at radius 1 is 1.26 bits per heavy atom. The third-order valence-electron chi connectivity index (χ3n) is 4.01. The Hall–Kier alpha value is -1.10. The molecule has 0 amide bonds. The molecule has 0 aliphatic carbocycles. The van der Waals surface area contributed by atoms with Gasteiger partial charge < -0.3 is 9.47 Å². The topological polar surface area (TPSA) is 56.5 Å². The normalized spacial score (nSPS) is 13.3. The molecule has 19 heavy (non-hydrogen) atoms. The van der Waals surface area contributed by atoms with Crippen LogP contribution in [0.25, 0.3) is 0 Å². The Labute approximate surface area is 116 Å². The van der Waals surface area contributed by atoms with Crippen LogP contribution in [0.2, 0.25) is 0 Å². The Balaban J connectivity index is 2.91. The van der Waals surface area contributed by atoms with Gasteiger partial charge in [0.15, 0.2) is 0 Å². The summed E-state index contributed by atoms with van der Waals surface area (Å²) in [6.45, 7) is 4.26. The van der Waals surface area contributed by atoms with E-state index >= 15 is 0 Å². The van der Waals surface area contributed by atoms with Crippen LogP contribution in [0, 0.1) is 0 Å². The number of benzene rings is 1. The van der Waals surface area contributed by atoms with E-state index in [-0.39, 0.29) is 11.6 Å². The highest BCUT2D eigenvalue weighted by atomic mass is 16.5. The van der Waals surface area contributed by atoms with Gasteiger partial charge in [0.2, 0.25) is 0 Å². The van der Waals surface area contributed by atoms with E-state index in [1.54, 1.807) is 14.2 Å². The summed E-state index contributed by atoms with van der Waals surface area (Å²) in [5.74, 6) is 6.61. The molecule has 0 fully saturated rings. The minimum Gasteiger partial charge on any atom is -0.497 e. The van der Waals surface area contributed by atoms with E-state index in [4.69, 9.17) is 15.3 Å². The third kappa shape index (κ3) is 3.69. The molecule has 0 heterocycles. The number of hydrogen-bond acceptors (Lipinski definition) is 4. The molecule has 0 saturated heterocycles. The molecule has 3 N–H and O–H groups in total. The van der Waals surface area contributed by atoms with Crippen molar-refractivity contribution in [1.29, 1.82) is 0 Å². The lowest BCUT2D eigenvalue weighted by atomic mass is 9.85. The first-order chi connectivity index (χ1) is 9.15. The second kappa shape index (κ2) is 7.48. The summed E-state index contributed by atoms with van der Waals surface area (Å²) < 4.78 is 11.0. The van der Waals surface area contributed by atoms with Crippen molar-refractivity contribution < 1.29 is 9.47 Å². The van der Waals surface area contributed by atoms with Crippen molar-refractivity contribution >= 4 is 0 Å². The van der Waals surface area contributed by atoms with Gasteiger partial charge in [-0.2, -0.15) is 0 Å². The van der Waals surface area contributed by atoms with E-state index < -0.39 is 0 Å². The van der Waals surface area contributed by atoms with Gasteiger partial charge in [-0.25, -0.2) is 0 Å². The zero-order chi connectivity index (χ0) is 14.3. The Morgan fingerprint density at radius 2 is 1.95 bits per heavy atom. The van der Waals surface area contributed by atoms with Crippen LogP contribution in [0.1, 0.15) is 32.3 Å². The number of hydrazine groups is 1. The summed E-state index contributed by atoms with van der Waals surface area (Å²) in [5, 5.41) is 0. The summed E-state index contributed by atoms with van der Waals surface area (Å²) in [6, 6.07) is 8.13. The van der Waals surface area contributed by atoms with Gasteiger partial charge in [-0.05, 0) is 37.0 Å². The van der Waals surface area contributed by atoms with Crippen LogP contribution in [0.15, 0.2) is 24.3 Å². The second-order valence-corrected chi connectivity index (χ2v) is 4.75. The summed E-state index contributed by atoms with van der Waals surface area (Å²) in [5.41, 5.74) is 3.86.